The zero-order valence-corrected chi connectivity index (χ0v) is 10.6. The Hall–Kier alpha value is -1.06. The second-order valence-electron chi connectivity index (χ2n) is 3.53. The van der Waals surface area contributed by atoms with Crippen LogP contribution >= 0.6 is 23.4 Å². The lowest BCUT2D eigenvalue weighted by Crippen LogP contribution is -1.86. The van der Waals surface area contributed by atoms with Crippen LogP contribution in [0.4, 0.5) is 0 Å². The number of aromatic nitrogens is 2. The summed E-state index contributed by atoms with van der Waals surface area (Å²) in [5, 5.41) is 1.15. The molecule has 0 unspecified atom stereocenters. The smallest absolute Gasteiger partial charge is 0.223 e. The summed E-state index contributed by atoms with van der Waals surface area (Å²) in [5.74, 6) is 0. The molecule has 0 saturated carbocycles. The van der Waals surface area contributed by atoms with Crippen molar-refractivity contribution in [3.8, 4) is 0 Å². The molecule has 1 aromatic heterocycles. The van der Waals surface area contributed by atoms with Crippen molar-refractivity contribution in [2.75, 3.05) is 0 Å². The first-order chi connectivity index (χ1) is 7.65. The number of halogens is 1. The van der Waals surface area contributed by atoms with E-state index < -0.39 is 0 Å². The molecule has 0 amide bonds. The summed E-state index contributed by atoms with van der Waals surface area (Å²) < 4.78 is 0. The van der Waals surface area contributed by atoms with Crippen LogP contribution in [0.2, 0.25) is 5.28 Å². The van der Waals surface area contributed by atoms with E-state index in [1.165, 1.54) is 16.0 Å². The first-order valence-corrected chi connectivity index (χ1v) is 6.08. The summed E-state index contributed by atoms with van der Waals surface area (Å²) >= 11 is 7.34. The second-order valence-corrected chi connectivity index (χ2v) is 4.94. The van der Waals surface area contributed by atoms with Crippen molar-refractivity contribution < 1.29 is 0 Å². The van der Waals surface area contributed by atoms with Crippen molar-refractivity contribution >= 4 is 23.4 Å². The molecule has 0 fully saturated rings. The fourth-order valence-electron chi connectivity index (χ4n) is 1.40. The molecule has 2 rings (SSSR count). The molecule has 2 nitrogen and oxygen atoms in total. The largest absolute Gasteiger partial charge is 0.226 e. The maximum Gasteiger partial charge on any atom is 0.223 e. The minimum absolute atomic E-state index is 0.287. The van der Waals surface area contributed by atoms with Crippen LogP contribution in [0, 0.1) is 13.8 Å². The second kappa shape index (κ2) is 4.85. The average molecular weight is 251 g/mol. The highest BCUT2D eigenvalue weighted by atomic mass is 35.5. The molecule has 0 aliphatic carbocycles. The first-order valence-electron chi connectivity index (χ1n) is 4.89. The van der Waals surface area contributed by atoms with Crippen LogP contribution in [0.5, 0.6) is 0 Å². The summed E-state index contributed by atoms with van der Waals surface area (Å²) in [6, 6.07) is 8.21. The van der Waals surface area contributed by atoms with E-state index in [4.69, 9.17) is 11.6 Å². The highest BCUT2D eigenvalue weighted by molar-refractivity contribution is 7.99. The van der Waals surface area contributed by atoms with Gasteiger partial charge in [-0.15, -0.1) is 0 Å². The fraction of sp³-hybridized carbons (Fsp3) is 0.167. The molecule has 0 atom stereocenters. The number of rotatable bonds is 2. The van der Waals surface area contributed by atoms with Crippen molar-refractivity contribution in [3.05, 3.63) is 46.9 Å². The van der Waals surface area contributed by atoms with Crippen molar-refractivity contribution in [1.82, 2.24) is 9.97 Å². The summed E-state index contributed by atoms with van der Waals surface area (Å²) in [4.78, 5) is 9.20. The third-order valence-corrected chi connectivity index (χ3v) is 3.44. The molecule has 82 valence electrons. The molecule has 1 heterocycles. The van der Waals surface area contributed by atoms with Gasteiger partial charge in [0.15, 0.2) is 0 Å². The van der Waals surface area contributed by atoms with Crippen LogP contribution in [0.25, 0.3) is 0 Å². The molecule has 16 heavy (non-hydrogen) atoms. The zero-order chi connectivity index (χ0) is 11.5. The number of hydrogen-bond donors (Lipinski definition) is 0. The predicted octanol–water partition coefficient (Wildman–Crippen LogP) is 3.90. The lowest BCUT2D eigenvalue weighted by Gasteiger charge is -2.05. The van der Waals surface area contributed by atoms with E-state index in [-0.39, 0.29) is 5.28 Å². The van der Waals surface area contributed by atoms with Gasteiger partial charge in [0.2, 0.25) is 5.28 Å². The van der Waals surface area contributed by atoms with Gasteiger partial charge >= 0.3 is 0 Å². The monoisotopic (exact) mass is 250 g/mol. The lowest BCUT2D eigenvalue weighted by atomic mass is 10.2. The lowest BCUT2D eigenvalue weighted by molar-refractivity contribution is 1.05. The van der Waals surface area contributed by atoms with E-state index in [1.807, 2.05) is 6.07 Å². The Labute approximate surface area is 104 Å². The Kier molecular flexibility index (Phi) is 3.46. The highest BCUT2D eigenvalue weighted by Gasteiger charge is 2.03. The van der Waals surface area contributed by atoms with Gasteiger partial charge in [-0.05, 0) is 43.1 Å². The van der Waals surface area contributed by atoms with Gasteiger partial charge in [0.1, 0.15) is 5.03 Å². The number of hydrogen-bond acceptors (Lipinski definition) is 3. The zero-order valence-electron chi connectivity index (χ0n) is 9.07. The average Bonchev–Trinajstić information content (AvgIpc) is 2.22. The van der Waals surface area contributed by atoms with Gasteiger partial charge in [0.05, 0.1) is 0 Å². The molecule has 0 bridgehead atoms. The van der Waals surface area contributed by atoms with Crippen molar-refractivity contribution in [2.24, 2.45) is 0 Å². The Morgan fingerprint density at radius 1 is 1.19 bits per heavy atom. The van der Waals surface area contributed by atoms with Gasteiger partial charge < -0.3 is 0 Å². The quantitative estimate of drug-likeness (QED) is 0.597. The van der Waals surface area contributed by atoms with Crippen LogP contribution in [0.1, 0.15) is 11.1 Å². The standard InChI is InChI=1S/C12H11ClN2S/c1-8-3-4-10(9(2)7-8)16-11-5-6-14-12(13)15-11/h3-7H,1-2H3. The van der Waals surface area contributed by atoms with Crippen molar-refractivity contribution in [1.29, 1.82) is 0 Å². The highest BCUT2D eigenvalue weighted by Crippen LogP contribution is 2.29. The van der Waals surface area contributed by atoms with E-state index in [0.717, 1.165) is 5.03 Å². The minimum atomic E-state index is 0.287. The maximum absolute atomic E-state index is 5.74. The molecule has 0 aliphatic rings. The Morgan fingerprint density at radius 3 is 2.69 bits per heavy atom. The summed E-state index contributed by atoms with van der Waals surface area (Å²) in [7, 11) is 0. The van der Waals surface area contributed by atoms with E-state index in [2.05, 4.69) is 42.0 Å². The Morgan fingerprint density at radius 2 is 2.00 bits per heavy atom. The molecule has 2 aromatic rings. The van der Waals surface area contributed by atoms with E-state index >= 15 is 0 Å². The van der Waals surface area contributed by atoms with Gasteiger partial charge in [-0.1, -0.05) is 29.5 Å². The molecule has 0 radical (unpaired) electrons. The van der Waals surface area contributed by atoms with Crippen molar-refractivity contribution in [3.63, 3.8) is 0 Å². The number of nitrogens with zero attached hydrogens (tertiary/aromatic N) is 2. The van der Waals surface area contributed by atoms with Gasteiger partial charge in [0.25, 0.3) is 0 Å². The van der Waals surface area contributed by atoms with E-state index in [9.17, 15) is 0 Å². The van der Waals surface area contributed by atoms with Crippen molar-refractivity contribution in [2.45, 2.75) is 23.8 Å². The molecule has 0 N–H and O–H groups in total. The molecular weight excluding hydrogens is 240 g/mol. The molecule has 1 aromatic carbocycles. The topological polar surface area (TPSA) is 25.8 Å². The minimum Gasteiger partial charge on any atom is -0.226 e. The summed E-state index contributed by atoms with van der Waals surface area (Å²) in [6.07, 6.45) is 1.67. The van der Waals surface area contributed by atoms with Gasteiger partial charge in [-0.3, -0.25) is 0 Å². The third-order valence-electron chi connectivity index (χ3n) is 2.15. The molecule has 0 spiro atoms. The van der Waals surface area contributed by atoms with E-state index in [0.29, 0.717) is 0 Å². The van der Waals surface area contributed by atoms with Gasteiger partial charge in [-0.2, -0.15) is 0 Å². The van der Waals surface area contributed by atoms with Crippen LogP contribution < -0.4 is 0 Å². The van der Waals surface area contributed by atoms with Crippen LogP contribution in [0.15, 0.2) is 40.4 Å². The van der Waals surface area contributed by atoms with Crippen LogP contribution in [-0.4, -0.2) is 9.97 Å². The molecular formula is C12H11ClN2S. The SMILES string of the molecule is Cc1ccc(Sc2ccnc(Cl)n2)c(C)c1. The van der Waals surface area contributed by atoms with Crippen LogP contribution in [0.3, 0.4) is 0 Å². The van der Waals surface area contributed by atoms with Gasteiger partial charge in [-0.25, -0.2) is 9.97 Å². The van der Waals surface area contributed by atoms with Crippen LogP contribution in [-0.2, 0) is 0 Å². The first kappa shape index (κ1) is 11.4. The maximum atomic E-state index is 5.74. The Bertz CT molecular complexity index is 514. The van der Waals surface area contributed by atoms with Gasteiger partial charge in [0, 0.05) is 11.1 Å². The molecule has 0 saturated heterocycles. The number of aryl methyl sites for hydroxylation is 2. The summed E-state index contributed by atoms with van der Waals surface area (Å²) in [5.41, 5.74) is 2.52. The molecule has 4 heteroatoms. The molecule has 0 aliphatic heterocycles. The van der Waals surface area contributed by atoms with E-state index in [1.54, 1.807) is 18.0 Å². The third kappa shape index (κ3) is 2.74. The number of benzene rings is 1. The summed E-state index contributed by atoms with van der Waals surface area (Å²) in [6.45, 7) is 4.18. The normalized spacial score (nSPS) is 10.4. The predicted molar refractivity (Wildman–Crippen MR) is 67.1 cm³/mol. The Balaban J connectivity index is 2.27. The fourth-order valence-corrected chi connectivity index (χ4v) is 2.44.